The van der Waals surface area contributed by atoms with Crippen LogP contribution in [0.3, 0.4) is 0 Å². The number of cyclic esters (lactones) is 1. The quantitative estimate of drug-likeness (QED) is 0.495. The normalized spacial score (nSPS) is 16.3. The standard InChI is InChI=1S/C7H7NO2/c1-2-4-8-5-3-6-10-7(8)9/h1,3,6H,4-5H2. The van der Waals surface area contributed by atoms with Gasteiger partial charge in [0.05, 0.1) is 12.8 Å². The molecule has 0 aromatic rings. The monoisotopic (exact) mass is 137 g/mol. The van der Waals surface area contributed by atoms with Gasteiger partial charge in [-0.3, -0.25) is 4.90 Å². The van der Waals surface area contributed by atoms with E-state index in [0.29, 0.717) is 13.1 Å². The van der Waals surface area contributed by atoms with Gasteiger partial charge in [0.2, 0.25) is 0 Å². The molecule has 0 bridgehead atoms. The Morgan fingerprint density at radius 1 is 1.90 bits per heavy atom. The Balaban J connectivity index is 2.53. The Morgan fingerprint density at radius 3 is 3.30 bits per heavy atom. The van der Waals surface area contributed by atoms with Gasteiger partial charge in [-0.2, -0.15) is 0 Å². The number of hydrogen-bond donors (Lipinski definition) is 0. The van der Waals surface area contributed by atoms with E-state index < -0.39 is 0 Å². The summed E-state index contributed by atoms with van der Waals surface area (Å²) >= 11 is 0. The molecule has 0 atom stereocenters. The maximum Gasteiger partial charge on any atom is 0.415 e. The van der Waals surface area contributed by atoms with Crippen LogP contribution in [0.2, 0.25) is 0 Å². The van der Waals surface area contributed by atoms with Crippen molar-refractivity contribution < 1.29 is 9.53 Å². The molecule has 0 N–H and O–H groups in total. The highest BCUT2D eigenvalue weighted by Crippen LogP contribution is 1.99. The first kappa shape index (κ1) is 6.69. The smallest absolute Gasteiger partial charge is 0.415 e. The molecule has 0 radical (unpaired) electrons. The van der Waals surface area contributed by atoms with Crippen molar-refractivity contribution in [3.63, 3.8) is 0 Å². The van der Waals surface area contributed by atoms with Crippen molar-refractivity contribution in [3.05, 3.63) is 12.3 Å². The van der Waals surface area contributed by atoms with Gasteiger partial charge < -0.3 is 4.74 Å². The number of amides is 1. The van der Waals surface area contributed by atoms with Crippen molar-refractivity contribution in [1.82, 2.24) is 4.90 Å². The Labute approximate surface area is 59.3 Å². The van der Waals surface area contributed by atoms with E-state index in [1.807, 2.05) is 0 Å². The molecule has 3 heteroatoms. The molecule has 0 aromatic heterocycles. The van der Waals surface area contributed by atoms with E-state index in [9.17, 15) is 4.79 Å². The summed E-state index contributed by atoms with van der Waals surface area (Å²) in [7, 11) is 0. The third kappa shape index (κ3) is 1.29. The van der Waals surface area contributed by atoms with E-state index in [4.69, 9.17) is 6.42 Å². The molecule has 0 fully saturated rings. The molecule has 1 aliphatic heterocycles. The Hall–Kier alpha value is -1.43. The van der Waals surface area contributed by atoms with E-state index in [1.54, 1.807) is 6.08 Å². The van der Waals surface area contributed by atoms with E-state index in [1.165, 1.54) is 11.2 Å². The summed E-state index contributed by atoms with van der Waals surface area (Å²) in [6.45, 7) is 0.853. The zero-order valence-electron chi connectivity index (χ0n) is 5.41. The van der Waals surface area contributed by atoms with Gasteiger partial charge in [-0.15, -0.1) is 6.42 Å². The summed E-state index contributed by atoms with van der Waals surface area (Å²) in [5, 5.41) is 0. The summed E-state index contributed by atoms with van der Waals surface area (Å²) in [5.41, 5.74) is 0. The number of ether oxygens (including phenoxy) is 1. The van der Waals surface area contributed by atoms with Crippen molar-refractivity contribution in [1.29, 1.82) is 0 Å². The highest BCUT2D eigenvalue weighted by atomic mass is 16.5. The number of nitrogens with zero attached hydrogens (tertiary/aromatic N) is 1. The van der Waals surface area contributed by atoms with Crippen LogP contribution < -0.4 is 0 Å². The molecule has 0 unspecified atom stereocenters. The van der Waals surface area contributed by atoms with E-state index >= 15 is 0 Å². The fraction of sp³-hybridized carbons (Fsp3) is 0.286. The molecule has 1 amide bonds. The second-order valence-corrected chi connectivity index (χ2v) is 1.84. The lowest BCUT2D eigenvalue weighted by molar-refractivity contribution is 0.139. The molecule has 3 nitrogen and oxygen atoms in total. The SMILES string of the molecule is C#CCN1CC=COC1=O. The molecule has 52 valence electrons. The average molecular weight is 137 g/mol. The average Bonchev–Trinajstić information content (AvgIpc) is 1.94. The first-order valence-electron chi connectivity index (χ1n) is 2.88. The van der Waals surface area contributed by atoms with Crippen LogP contribution in [0, 0.1) is 12.3 Å². The lowest BCUT2D eigenvalue weighted by atomic mass is 10.4. The fourth-order valence-corrected chi connectivity index (χ4v) is 0.665. The van der Waals surface area contributed by atoms with Crippen LogP contribution in [0.15, 0.2) is 12.3 Å². The molecule has 1 rings (SSSR count). The molecule has 10 heavy (non-hydrogen) atoms. The van der Waals surface area contributed by atoms with Crippen molar-refractivity contribution in [2.45, 2.75) is 0 Å². The third-order valence-corrected chi connectivity index (χ3v) is 1.13. The molecule has 0 saturated heterocycles. The summed E-state index contributed by atoms with van der Waals surface area (Å²) in [6.07, 6.45) is 7.73. The molecule has 1 heterocycles. The summed E-state index contributed by atoms with van der Waals surface area (Å²) in [4.78, 5) is 12.2. The number of carbonyl (C=O) groups excluding carboxylic acids is 1. The molecule has 0 spiro atoms. The predicted molar refractivity (Wildman–Crippen MR) is 36.0 cm³/mol. The molecular formula is C7H7NO2. The second kappa shape index (κ2) is 2.92. The summed E-state index contributed by atoms with van der Waals surface area (Å²) < 4.78 is 4.55. The summed E-state index contributed by atoms with van der Waals surface area (Å²) in [5.74, 6) is 2.36. The van der Waals surface area contributed by atoms with Crippen LogP contribution in [-0.2, 0) is 4.74 Å². The topological polar surface area (TPSA) is 29.5 Å². The first-order valence-corrected chi connectivity index (χ1v) is 2.88. The van der Waals surface area contributed by atoms with Gasteiger partial charge in [-0.1, -0.05) is 5.92 Å². The van der Waals surface area contributed by atoms with E-state index in [2.05, 4.69) is 10.7 Å². The van der Waals surface area contributed by atoms with Crippen molar-refractivity contribution in [2.75, 3.05) is 13.1 Å². The Kier molecular flexibility index (Phi) is 1.96. The Morgan fingerprint density at radius 2 is 2.70 bits per heavy atom. The van der Waals surface area contributed by atoms with Gasteiger partial charge in [0.15, 0.2) is 0 Å². The second-order valence-electron chi connectivity index (χ2n) is 1.84. The number of hydrogen-bond acceptors (Lipinski definition) is 2. The highest BCUT2D eigenvalue weighted by Gasteiger charge is 2.13. The first-order chi connectivity index (χ1) is 4.84. The van der Waals surface area contributed by atoms with Gasteiger partial charge in [0.1, 0.15) is 0 Å². The van der Waals surface area contributed by atoms with Crippen molar-refractivity contribution in [3.8, 4) is 12.3 Å². The van der Waals surface area contributed by atoms with Crippen molar-refractivity contribution in [2.24, 2.45) is 0 Å². The minimum absolute atomic E-state index is 0.309. The fourth-order valence-electron chi connectivity index (χ4n) is 0.665. The van der Waals surface area contributed by atoms with Gasteiger partial charge >= 0.3 is 6.09 Å². The van der Waals surface area contributed by atoms with E-state index in [-0.39, 0.29) is 6.09 Å². The zero-order chi connectivity index (χ0) is 7.40. The van der Waals surface area contributed by atoms with Gasteiger partial charge in [-0.05, 0) is 6.08 Å². The lowest BCUT2D eigenvalue weighted by Crippen LogP contribution is -2.33. The van der Waals surface area contributed by atoms with Crippen LogP contribution in [0.25, 0.3) is 0 Å². The van der Waals surface area contributed by atoms with Gasteiger partial charge in [0.25, 0.3) is 0 Å². The van der Waals surface area contributed by atoms with Gasteiger partial charge in [-0.25, -0.2) is 4.79 Å². The molecular weight excluding hydrogens is 130 g/mol. The van der Waals surface area contributed by atoms with E-state index in [0.717, 1.165) is 0 Å². The molecule has 1 aliphatic rings. The molecule has 0 aliphatic carbocycles. The van der Waals surface area contributed by atoms with Crippen LogP contribution in [0.5, 0.6) is 0 Å². The largest absolute Gasteiger partial charge is 0.418 e. The van der Waals surface area contributed by atoms with Crippen LogP contribution in [-0.4, -0.2) is 24.1 Å². The third-order valence-electron chi connectivity index (χ3n) is 1.13. The van der Waals surface area contributed by atoms with Gasteiger partial charge in [0, 0.05) is 6.54 Å². The zero-order valence-corrected chi connectivity index (χ0v) is 5.41. The summed E-state index contributed by atoms with van der Waals surface area (Å²) in [6, 6.07) is 0. The van der Waals surface area contributed by atoms with Crippen LogP contribution >= 0.6 is 0 Å². The lowest BCUT2D eigenvalue weighted by Gasteiger charge is -2.19. The maximum absolute atomic E-state index is 10.7. The van der Waals surface area contributed by atoms with Crippen LogP contribution in [0.4, 0.5) is 4.79 Å². The Bertz CT molecular complexity index is 202. The minimum atomic E-state index is -0.375. The molecule has 0 saturated carbocycles. The maximum atomic E-state index is 10.7. The minimum Gasteiger partial charge on any atom is -0.418 e. The number of carbonyl (C=O) groups is 1. The predicted octanol–water partition coefficient (Wildman–Crippen LogP) is 0.586. The van der Waals surface area contributed by atoms with Crippen LogP contribution in [0.1, 0.15) is 0 Å². The highest BCUT2D eigenvalue weighted by molar-refractivity contribution is 5.69. The molecule has 0 aromatic carbocycles. The van der Waals surface area contributed by atoms with Crippen molar-refractivity contribution >= 4 is 6.09 Å². The number of rotatable bonds is 1. The number of terminal acetylenes is 1.